The van der Waals surface area contributed by atoms with E-state index in [0.717, 1.165) is 44.9 Å². The molecule has 3 aromatic rings. The summed E-state index contributed by atoms with van der Waals surface area (Å²) < 4.78 is 0.956. The summed E-state index contributed by atoms with van der Waals surface area (Å²) in [7, 11) is 0. The first kappa shape index (κ1) is 19.0. The number of aromatic nitrogens is 1. The molecule has 3 rings (SSSR count). The van der Waals surface area contributed by atoms with Gasteiger partial charge in [-0.3, -0.25) is 4.79 Å². The summed E-state index contributed by atoms with van der Waals surface area (Å²) in [6, 6.07) is 9.67. The third-order valence-electron chi connectivity index (χ3n) is 4.34. The smallest absolute Gasteiger partial charge is 0.255 e. The van der Waals surface area contributed by atoms with Gasteiger partial charge in [0.05, 0.1) is 10.2 Å². The maximum absolute atomic E-state index is 12.7. The van der Waals surface area contributed by atoms with Crippen LogP contribution in [0.3, 0.4) is 0 Å². The Kier molecular flexibility index (Phi) is 5.86. The molecule has 0 aliphatic heterocycles. The highest BCUT2D eigenvalue weighted by atomic mass is 32.1. The molecule has 0 saturated heterocycles. The van der Waals surface area contributed by atoms with Crippen molar-refractivity contribution in [2.24, 2.45) is 0 Å². The van der Waals surface area contributed by atoms with Gasteiger partial charge in [0.15, 0.2) is 5.13 Å². The van der Waals surface area contributed by atoms with Crippen LogP contribution in [0.1, 0.15) is 39.9 Å². The third-order valence-corrected chi connectivity index (χ3v) is 5.32. The molecular weight excluding hydrogens is 358 g/mol. The average molecular weight is 382 g/mol. The Hall–Kier alpha value is -2.73. The average Bonchev–Trinajstić information content (AvgIpc) is 3.03. The number of aldehydes is 1. The SMILES string of the molecule is Cc1cc(C)c(NC(=O)c2ccc3nc(NCCCC=O)sc3c2)c(C)c1. The van der Waals surface area contributed by atoms with Crippen molar-refractivity contribution in [3.8, 4) is 0 Å². The molecule has 1 amide bonds. The number of rotatable bonds is 7. The van der Waals surface area contributed by atoms with E-state index in [2.05, 4.69) is 27.8 Å². The van der Waals surface area contributed by atoms with E-state index in [-0.39, 0.29) is 5.91 Å². The lowest BCUT2D eigenvalue weighted by Gasteiger charge is -2.12. The zero-order valence-electron chi connectivity index (χ0n) is 15.8. The summed E-state index contributed by atoms with van der Waals surface area (Å²) in [4.78, 5) is 27.6. The molecule has 0 atom stereocenters. The lowest BCUT2D eigenvalue weighted by atomic mass is 10.0. The molecule has 0 aliphatic carbocycles. The van der Waals surface area contributed by atoms with Gasteiger partial charge >= 0.3 is 0 Å². The number of aryl methyl sites for hydroxylation is 3. The molecule has 0 bridgehead atoms. The summed E-state index contributed by atoms with van der Waals surface area (Å²) >= 11 is 1.51. The largest absolute Gasteiger partial charge is 0.361 e. The lowest BCUT2D eigenvalue weighted by Crippen LogP contribution is -2.13. The number of anilines is 2. The minimum Gasteiger partial charge on any atom is -0.361 e. The van der Waals surface area contributed by atoms with Crippen LogP contribution in [0.15, 0.2) is 30.3 Å². The predicted molar refractivity (Wildman–Crippen MR) is 112 cm³/mol. The molecule has 0 unspecified atom stereocenters. The number of carbonyl (C=O) groups is 2. The molecule has 0 aliphatic rings. The monoisotopic (exact) mass is 381 g/mol. The number of carbonyl (C=O) groups excluding carboxylic acids is 2. The van der Waals surface area contributed by atoms with Crippen LogP contribution < -0.4 is 10.6 Å². The Morgan fingerprint density at radius 1 is 1.15 bits per heavy atom. The van der Waals surface area contributed by atoms with E-state index in [9.17, 15) is 9.59 Å². The lowest BCUT2D eigenvalue weighted by molar-refractivity contribution is -0.107. The molecule has 6 heteroatoms. The number of nitrogens with zero attached hydrogens (tertiary/aromatic N) is 1. The molecule has 140 valence electrons. The number of thiazole rings is 1. The molecule has 1 aromatic heterocycles. The molecule has 1 heterocycles. The molecular formula is C21H23N3O2S. The fraction of sp³-hybridized carbons (Fsp3) is 0.286. The first-order valence-corrected chi connectivity index (χ1v) is 9.77. The topological polar surface area (TPSA) is 71.1 Å². The van der Waals surface area contributed by atoms with E-state index in [4.69, 9.17) is 0 Å². The highest BCUT2D eigenvalue weighted by molar-refractivity contribution is 7.22. The Morgan fingerprint density at radius 2 is 1.89 bits per heavy atom. The number of benzene rings is 2. The Bertz CT molecular complexity index is 971. The maximum atomic E-state index is 12.7. The van der Waals surface area contributed by atoms with Gasteiger partial charge in [-0.05, 0) is 56.5 Å². The predicted octanol–water partition coefficient (Wildman–Crippen LogP) is 4.86. The molecule has 2 aromatic carbocycles. The van der Waals surface area contributed by atoms with E-state index < -0.39 is 0 Å². The highest BCUT2D eigenvalue weighted by Crippen LogP contribution is 2.28. The van der Waals surface area contributed by atoms with E-state index in [1.807, 2.05) is 32.9 Å². The standard InChI is InChI=1S/C21H23N3O2S/c1-13-10-14(2)19(15(3)11-13)24-20(26)16-6-7-17-18(12-16)27-21(23-17)22-8-4-5-9-25/h6-7,9-12H,4-5,8H2,1-3H3,(H,22,23)(H,24,26). The molecule has 27 heavy (non-hydrogen) atoms. The van der Waals surface area contributed by atoms with Crippen LogP contribution in [0.25, 0.3) is 10.2 Å². The Morgan fingerprint density at radius 3 is 2.59 bits per heavy atom. The van der Waals surface area contributed by atoms with Gasteiger partial charge in [0.1, 0.15) is 6.29 Å². The van der Waals surface area contributed by atoms with Crippen LogP contribution >= 0.6 is 11.3 Å². The van der Waals surface area contributed by atoms with E-state index in [1.54, 1.807) is 6.07 Å². The molecule has 2 N–H and O–H groups in total. The maximum Gasteiger partial charge on any atom is 0.255 e. The number of hydrogen-bond donors (Lipinski definition) is 2. The minimum absolute atomic E-state index is 0.124. The molecule has 0 fully saturated rings. The van der Waals surface area contributed by atoms with Crippen molar-refractivity contribution in [2.45, 2.75) is 33.6 Å². The highest BCUT2D eigenvalue weighted by Gasteiger charge is 2.12. The van der Waals surface area contributed by atoms with Crippen molar-refractivity contribution in [1.29, 1.82) is 0 Å². The molecule has 0 saturated carbocycles. The first-order chi connectivity index (χ1) is 13.0. The van der Waals surface area contributed by atoms with Crippen molar-refractivity contribution >= 4 is 44.6 Å². The van der Waals surface area contributed by atoms with E-state index in [1.165, 1.54) is 16.9 Å². The van der Waals surface area contributed by atoms with Gasteiger partial charge in [-0.1, -0.05) is 29.0 Å². The summed E-state index contributed by atoms with van der Waals surface area (Å²) in [6.07, 6.45) is 2.24. The zero-order chi connectivity index (χ0) is 19.4. The normalized spacial score (nSPS) is 10.8. The fourth-order valence-electron chi connectivity index (χ4n) is 3.09. The number of amides is 1. The van der Waals surface area contributed by atoms with Gasteiger partial charge in [0.2, 0.25) is 0 Å². The second-order valence-electron chi connectivity index (χ2n) is 6.67. The number of fused-ring (bicyclic) bond motifs is 1. The van der Waals surface area contributed by atoms with Crippen LogP contribution in [0.5, 0.6) is 0 Å². The van der Waals surface area contributed by atoms with Crippen molar-refractivity contribution < 1.29 is 9.59 Å². The van der Waals surface area contributed by atoms with Gasteiger partial charge < -0.3 is 15.4 Å². The summed E-state index contributed by atoms with van der Waals surface area (Å²) in [5.74, 6) is -0.124. The van der Waals surface area contributed by atoms with E-state index in [0.29, 0.717) is 18.5 Å². The Balaban J connectivity index is 1.76. The number of unbranched alkanes of at least 4 members (excludes halogenated alkanes) is 1. The quantitative estimate of drug-likeness (QED) is 0.453. The zero-order valence-corrected chi connectivity index (χ0v) is 16.6. The van der Waals surface area contributed by atoms with Crippen molar-refractivity contribution in [3.05, 3.63) is 52.6 Å². The van der Waals surface area contributed by atoms with Crippen LogP contribution in [0.2, 0.25) is 0 Å². The molecule has 0 radical (unpaired) electrons. The number of nitrogens with one attached hydrogen (secondary N) is 2. The number of hydrogen-bond acceptors (Lipinski definition) is 5. The minimum atomic E-state index is -0.124. The summed E-state index contributed by atoms with van der Waals surface area (Å²) in [5.41, 5.74) is 5.63. The Labute approximate surface area is 162 Å². The van der Waals surface area contributed by atoms with Crippen molar-refractivity contribution in [2.75, 3.05) is 17.2 Å². The van der Waals surface area contributed by atoms with Crippen LogP contribution in [-0.4, -0.2) is 23.7 Å². The van der Waals surface area contributed by atoms with Gasteiger partial charge in [-0.25, -0.2) is 4.98 Å². The molecule has 5 nitrogen and oxygen atoms in total. The second-order valence-corrected chi connectivity index (χ2v) is 7.70. The third kappa shape index (κ3) is 4.52. The summed E-state index contributed by atoms with van der Waals surface area (Å²) in [5, 5.41) is 7.07. The van der Waals surface area contributed by atoms with Gasteiger partial charge in [0.25, 0.3) is 5.91 Å². The van der Waals surface area contributed by atoms with Crippen LogP contribution in [-0.2, 0) is 4.79 Å². The first-order valence-electron chi connectivity index (χ1n) is 8.95. The molecule has 0 spiro atoms. The van der Waals surface area contributed by atoms with Crippen molar-refractivity contribution in [3.63, 3.8) is 0 Å². The van der Waals surface area contributed by atoms with Crippen molar-refractivity contribution in [1.82, 2.24) is 4.98 Å². The summed E-state index contributed by atoms with van der Waals surface area (Å²) in [6.45, 7) is 6.76. The van der Waals surface area contributed by atoms with Gasteiger partial charge in [-0.15, -0.1) is 0 Å². The van der Waals surface area contributed by atoms with Gasteiger partial charge in [0, 0.05) is 24.2 Å². The van der Waals surface area contributed by atoms with E-state index >= 15 is 0 Å². The van der Waals surface area contributed by atoms with Gasteiger partial charge in [-0.2, -0.15) is 0 Å². The van der Waals surface area contributed by atoms with Crippen LogP contribution in [0, 0.1) is 20.8 Å². The van der Waals surface area contributed by atoms with Crippen LogP contribution in [0.4, 0.5) is 10.8 Å². The fourth-order valence-corrected chi connectivity index (χ4v) is 4.02. The second kappa shape index (κ2) is 8.31.